The van der Waals surface area contributed by atoms with Crippen molar-refractivity contribution in [1.29, 1.82) is 0 Å². The van der Waals surface area contributed by atoms with Gasteiger partial charge in [-0.1, -0.05) is 6.92 Å². The number of carbonyl (C=O) groups excluding carboxylic acids is 2. The maximum Gasteiger partial charge on any atom is 0.374 e. The van der Waals surface area contributed by atoms with E-state index in [9.17, 15) is 9.59 Å². The average molecular weight is 345 g/mol. The molecule has 1 aliphatic carbocycles. The van der Waals surface area contributed by atoms with Crippen LogP contribution < -0.4 is 5.32 Å². The molecule has 7 nitrogen and oxygen atoms in total. The van der Waals surface area contributed by atoms with Gasteiger partial charge in [-0.05, 0) is 49.8 Å². The minimum absolute atomic E-state index is 0.0847. The Balaban J connectivity index is 1.43. The van der Waals surface area contributed by atoms with Gasteiger partial charge in [0.05, 0.1) is 6.54 Å². The Labute approximate surface area is 146 Å². The molecule has 0 saturated heterocycles. The predicted octanol–water partition coefficient (Wildman–Crippen LogP) is 2.38. The van der Waals surface area contributed by atoms with E-state index >= 15 is 0 Å². The summed E-state index contributed by atoms with van der Waals surface area (Å²) in [6, 6.07) is 5.24. The van der Waals surface area contributed by atoms with E-state index in [-0.39, 0.29) is 24.3 Å². The van der Waals surface area contributed by atoms with Gasteiger partial charge in [-0.2, -0.15) is 5.10 Å². The van der Waals surface area contributed by atoms with Gasteiger partial charge in [0.15, 0.2) is 6.61 Å². The Morgan fingerprint density at radius 3 is 2.84 bits per heavy atom. The van der Waals surface area contributed by atoms with Gasteiger partial charge in [0.1, 0.15) is 5.76 Å². The molecule has 1 aliphatic rings. The largest absolute Gasteiger partial charge is 0.452 e. The van der Waals surface area contributed by atoms with Crippen LogP contribution in [0.4, 0.5) is 0 Å². The van der Waals surface area contributed by atoms with Gasteiger partial charge < -0.3 is 14.5 Å². The second kappa shape index (κ2) is 8.00. The fourth-order valence-electron chi connectivity index (χ4n) is 3.00. The van der Waals surface area contributed by atoms with Crippen molar-refractivity contribution in [3.63, 3.8) is 0 Å². The van der Waals surface area contributed by atoms with Crippen LogP contribution in [0.2, 0.25) is 0 Å². The van der Waals surface area contributed by atoms with E-state index in [0.29, 0.717) is 12.3 Å². The Hall–Kier alpha value is -2.57. The van der Waals surface area contributed by atoms with Crippen molar-refractivity contribution in [3.8, 4) is 0 Å². The first-order valence-electron chi connectivity index (χ1n) is 8.63. The fourth-order valence-corrected chi connectivity index (χ4v) is 3.00. The summed E-state index contributed by atoms with van der Waals surface area (Å²) in [5, 5.41) is 7.00. The Morgan fingerprint density at radius 1 is 1.32 bits per heavy atom. The van der Waals surface area contributed by atoms with Crippen LogP contribution >= 0.6 is 0 Å². The molecule has 1 N–H and O–H groups in total. The zero-order valence-electron chi connectivity index (χ0n) is 14.3. The second-order valence-electron chi connectivity index (χ2n) is 6.57. The molecule has 0 atom stereocenters. The molecule has 2 aromatic heterocycles. The van der Waals surface area contributed by atoms with E-state index in [1.54, 1.807) is 29.2 Å². The third-order valence-electron chi connectivity index (χ3n) is 4.46. The van der Waals surface area contributed by atoms with E-state index in [0.717, 1.165) is 31.6 Å². The Bertz CT molecular complexity index is 700. The number of carbonyl (C=O) groups is 2. The first kappa shape index (κ1) is 17.3. The van der Waals surface area contributed by atoms with E-state index in [1.165, 1.54) is 0 Å². The summed E-state index contributed by atoms with van der Waals surface area (Å²) in [7, 11) is 0. The lowest BCUT2D eigenvalue weighted by atomic mass is 9.87. The molecule has 0 spiro atoms. The van der Waals surface area contributed by atoms with E-state index in [1.807, 2.05) is 6.07 Å². The first-order valence-corrected chi connectivity index (χ1v) is 8.63. The van der Waals surface area contributed by atoms with Gasteiger partial charge in [-0.15, -0.1) is 0 Å². The first-order chi connectivity index (χ1) is 12.1. The molecule has 0 aromatic carbocycles. The topological polar surface area (TPSA) is 86.4 Å². The Morgan fingerprint density at radius 2 is 2.12 bits per heavy atom. The van der Waals surface area contributed by atoms with Crippen molar-refractivity contribution in [2.75, 3.05) is 6.61 Å². The summed E-state index contributed by atoms with van der Waals surface area (Å²) in [6.07, 6.45) is 7.68. The lowest BCUT2D eigenvalue weighted by molar-refractivity contribution is -0.125. The minimum atomic E-state index is -0.640. The number of ether oxygens (including phenoxy) is 1. The molecule has 0 aliphatic heterocycles. The number of hydrogen-bond donors (Lipinski definition) is 1. The van der Waals surface area contributed by atoms with Crippen LogP contribution in [-0.2, 0) is 16.1 Å². The van der Waals surface area contributed by atoms with Crippen molar-refractivity contribution in [1.82, 2.24) is 15.1 Å². The molecular weight excluding hydrogens is 322 g/mol. The highest BCUT2D eigenvalue weighted by Gasteiger charge is 2.21. The lowest BCUT2D eigenvalue weighted by Crippen LogP contribution is -2.39. The van der Waals surface area contributed by atoms with Gasteiger partial charge >= 0.3 is 5.97 Å². The van der Waals surface area contributed by atoms with Crippen LogP contribution in [0.25, 0.3) is 0 Å². The zero-order valence-corrected chi connectivity index (χ0v) is 14.3. The average Bonchev–Trinajstić information content (AvgIpc) is 3.27. The summed E-state index contributed by atoms with van der Waals surface area (Å²) in [5.41, 5.74) is 0. The molecule has 25 heavy (non-hydrogen) atoms. The van der Waals surface area contributed by atoms with Crippen molar-refractivity contribution < 1.29 is 18.7 Å². The SMILES string of the molecule is CC1CCC(NC(=O)COC(=O)c2ccc(Cn3cccn3)o2)CC1. The molecule has 0 bridgehead atoms. The van der Waals surface area contributed by atoms with Crippen LogP contribution in [0.15, 0.2) is 35.0 Å². The standard InChI is InChI=1S/C18H23N3O4/c1-13-3-5-14(6-4-13)20-17(22)12-24-18(23)16-8-7-15(25-16)11-21-10-2-9-19-21/h2,7-10,13-14H,3-6,11-12H2,1H3,(H,20,22). The van der Waals surface area contributed by atoms with Gasteiger partial charge in [-0.25, -0.2) is 4.79 Å². The number of rotatable bonds is 6. The maximum atomic E-state index is 12.0. The van der Waals surface area contributed by atoms with E-state index in [2.05, 4.69) is 17.3 Å². The molecule has 1 fully saturated rings. The molecule has 2 aromatic rings. The highest BCUT2D eigenvalue weighted by molar-refractivity contribution is 5.88. The summed E-state index contributed by atoms with van der Waals surface area (Å²) in [5.74, 6) is 0.495. The fraction of sp³-hybridized carbons (Fsp3) is 0.500. The molecule has 2 heterocycles. The van der Waals surface area contributed by atoms with Crippen molar-refractivity contribution in [2.45, 2.75) is 45.2 Å². The van der Waals surface area contributed by atoms with Crippen LogP contribution in [0, 0.1) is 5.92 Å². The minimum Gasteiger partial charge on any atom is -0.452 e. The predicted molar refractivity (Wildman–Crippen MR) is 89.9 cm³/mol. The van der Waals surface area contributed by atoms with Gasteiger partial charge in [0, 0.05) is 18.4 Å². The van der Waals surface area contributed by atoms with Crippen molar-refractivity contribution in [3.05, 3.63) is 42.1 Å². The number of esters is 1. The molecule has 3 rings (SSSR count). The number of amides is 1. The van der Waals surface area contributed by atoms with Crippen LogP contribution in [0.3, 0.4) is 0 Å². The normalized spacial score (nSPS) is 20.2. The van der Waals surface area contributed by atoms with Crippen LogP contribution in [0.5, 0.6) is 0 Å². The molecule has 1 amide bonds. The monoisotopic (exact) mass is 345 g/mol. The van der Waals surface area contributed by atoms with E-state index < -0.39 is 5.97 Å². The van der Waals surface area contributed by atoms with Gasteiger partial charge in [0.2, 0.25) is 5.76 Å². The van der Waals surface area contributed by atoms with Gasteiger partial charge in [-0.3, -0.25) is 9.48 Å². The molecule has 0 radical (unpaired) electrons. The van der Waals surface area contributed by atoms with Crippen molar-refractivity contribution in [2.24, 2.45) is 5.92 Å². The van der Waals surface area contributed by atoms with Gasteiger partial charge in [0.25, 0.3) is 5.91 Å². The zero-order chi connectivity index (χ0) is 17.6. The summed E-state index contributed by atoms with van der Waals surface area (Å²) >= 11 is 0. The molecular formula is C18H23N3O4. The molecule has 0 unspecified atom stereocenters. The van der Waals surface area contributed by atoms with E-state index in [4.69, 9.17) is 9.15 Å². The second-order valence-corrected chi connectivity index (χ2v) is 6.57. The number of hydrogen-bond acceptors (Lipinski definition) is 5. The van der Waals surface area contributed by atoms with Crippen molar-refractivity contribution >= 4 is 11.9 Å². The smallest absolute Gasteiger partial charge is 0.374 e. The van der Waals surface area contributed by atoms with Crippen LogP contribution in [-0.4, -0.2) is 34.3 Å². The molecule has 134 valence electrons. The number of nitrogens with zero attached hydrogens (tertiary/aromatic N) is 2. The quantitative estimate of drug-likeness (QED) is 0.812. The highest BCUT2D eigenvalue weighted by atomic mass is 16.5. The Kier molecular flexibility index (Phi) is 5.53. The number of aromatic nitrogens is 2. The lowest BCUT2D eigenvalue weighted by Gasteiger charge is -2.26. The molecule has 1 saturated carbocycles. The third kappa shape index (κ3) is 4.95. The third-order valence-corrected chi connectivity index (χ3v) is 4.46. The van der Waals surface area contributed by atoms with Crippen LogP contribution in [0.1, 0.15) is 48.9 Å². The summed E-state index contributed by atoms with van der Waals surface area (Å²) in [6.45, 7) is 2.37. The highest BCUT2D eigenvalue weighted by Crippen LogP contribution is 2.23. The summed E-state index contributed by atoms with van der Waals surface area (Å²) < 4.78 is 12.2. The number of furan rings is 1. The summed E-state index contributed by atoms with van der Waals surface area (Å²) in [4.78, 5) is 23.9. The maximum absolute atomic E-state index is 12.0. The molecule has 7 heteroatoms. The number of nitrogens with one attached hydrogen (secondary N) is 1.